The highest BCUT2D eigenvalue weighted by Gasteiger charge is 2.29. The van der Waals surface area contributed by atoms with Crippen molar-refractivity contribution in [3.63, 3.8) is 0 Å². The van der Waals surface area contributed by atoms with Gasteiger partial charge in [-0.25, -0.2) is 4.79 Å². The zero-order valence-corrected chi connectivity index (χ0v) is 14.4. The van der Waals surface area contributed by atoms with Crippen LogP contribution in [0.25, 0.3) is 0 Å². The van der Waals surface area contributed by atoms with Gasteiger partial charge in [0.2, 0.25) is 0 Å². The average molecular weight is 300 g/mol. The van der Waals surface area contributed by atoms with Gasteiger partial charge in [0, 0.05) is 19.1 Å². The molecule has 0 aromatic carbocycles. The predicted molar refractivity (Wildman–Crippen MR) is 84.3 cm³/mol. The van der Waals surface area contributed by atoms with Crippen LogP contribution in [0.15, 0.2) is 0 Å². The van der Waals surface area contributed by atoms with Gasteiger partial charge in [0.25, 0.3) is 0 Å². The van der Waals surface area contributed by atoms with Gasteiger partial charge in [-0.2, -0.15) is 0 Å². The fourth-order valence-corrected chi connectivity index (χ4v) is 2.80. The van der Waals surface area contributed by atoms with Crippen molar-refractivity contribution in [1.29, 1.82) is 0 Å². The number of nitrogens with one attached hydrogen (secondary N) is 1. The lowest BCUT2D eigenvalue weighted by atomic mass is 9.91. The number of carbonyl (C=O) groups excluding carboxylic acids is 1. The molecule has 2 unspecified atom stereocenters. The zero-order valence-electron chi connectivity index (χ0n) is 14.4. The molecule has 1 aliphatic heterocycles. The van der Waals surface area contributed by atoms with Crippen molar-refractivity contribution in [1.82, 2.24) is 10.2 Å². The Kier molecular flexibility index (Phi) is 6.05. The van der Waals surface area contributed by atoms with Crippen LogP contribution < -0.4 is 5.32 Å². The van der Waals surface area contributed by atoms with Gasteiger partial charge in [-0.15, -0.1) is 0 Å². The van der Waals surface area contributed by atoms with Gasteiger partial charge in [0.15, 0.2) is 0 Å². The van der Waals surface area contributed by atoms with Gasteiger partial charge in [0.05, 0.1) is 5.60 Å². The molecule has 0 aromatic rings. The van der Waals surface area contributed by atoms with Gasteiger partial charge >= 0.3 is 6.09 Å². The molecule has 0 radical (unpaired) electrons. The number of carbonyl (C=O) groups is 1. The van der Waals surface area contributed by atoms with Gasteiger partial charge in [0.1, 0.15) is 5.60 Å². The second-order valence-electron chi connectivity index (χ2n) is 7.88. The molecule has 0 aromatic heterocycles. The number of alkyl carbamates (subject to hydrolysis) is 1. The second kappa shape index (κ2) is 6.97. The van der Waals surface area contributed by atoms with E-state index >= 15 is 0 Å². The summed E-state index contributed by atoms with van der Waals surface area (Å²) in [5.41, 5.74) is -1.15. The van der Waals surface area contributed by atoms with E-state index in [1.165, 1.54) is 0 Å². The molecule has 1 rings (SSSR count). The summed E-state index contributed by atoms with van der Waals surface area (Å²) in [6.45, 7) is 13.9. The van der Waals surface area contributed by atoms with Crippen LogP contribution in [0.1, 0.15) is 54.4 Å². The summed E-state index contributed by atoms with van der Waals surface area (Å²) in [7, 11) is 0. The number of β-amino-alcohol motifs (C(OH)–C–C–N with tert-alkyl or cyclic N) is 1. The van der Waals surface area contributed by atoms with E-state index in [4.69, 9.17) is 4.74 Å². The number of hydrogen-bond donors (Lipinski definition) is 2. The molecule has 2 N–H and O–H groups in total. The van der Waals surface area contributed by atoms with Crippen LogP contribution in [0, 0.1) is 5.92 Å². The minimum absolute atomic E-state index is 0.0736. The number of aliphatic hydroxyl groups is 1. The van der Waals surface area contributed by atoms with Gasteiger partial charge in [-0.3, -0.25) is 0 Å². The Hall–Kier alpha value is -0.810. The summed E-state index contributed by atoms with van der Waals surface area (Å²) in [5.74, 6) is 0.397. The molecule has 124 valence electrons. The average Bonchev–Trinajstić information content (AvgIpc) is 2.23. The van der Waals surface area contributed by atoms with E-state index in [9.17, 15) is 9.90 Å². The second-order valence-corrected chi connectivity index (χ2v) is 7.88. The molecule has 1 saturated heterocycles. The highest BCUT2D eigenvalue weighted by atomic mass is 16.6. The predicted octanol–water partition coefficient (Wildman–Crippen LogP) is 2.38. The Bertz CT molecular complexity index is 344. The summed E-state index contributed by atoms with van der Waals surface area (Å²) in [6, 6.07) is 0.0736. The van der Waals surface area contributed by atoms with E-state index in [0.717, 1.165) is 25.9 Å². The topological polar surface area (TPSA) is 61.8 Å². The molecule has 1 heterocycles. The Morgan fingerprint density at radius 1 is 1.38 bits per heavy atom. The number of hydrogen-bond acceptors (Lipinski definition) is 4. The summed E-state index contributed by atoms with van der Waals surface area (Å²) < 4.78 is 5.30. The van der Waals surface area contributed by atoms with Gasteiger partial charge in [-0.05, 0) is 66.8 Å². The summed E-state index contributed by atoms with van der Waals surface area (Å²) in [4.78, 5) is 14.1. The lowest BCUT2D eigenvalue weighted by Crippen LogP contribution is -2.50. The SMILES string of the molecule is CC(NC(=O)OC(C)(C)C)C1CCCN(CC(C)(C)O)C1. The van der Waals surface area contributed by atoms with Gasteiger partial charge in [-0.1, -0.05) is 0 Å². The Morgan fingerprint density at radius 3 is 2.52 bits per heavy atom. The quantitative estimate of drug-likeness (QED) is 0.837. The fraction of sp³-hybridized carbons (Fsp3) is 0.938. The maximum atomic E-state index is 11.8. The maximum absolute atomic E-state index is 11.8. The molecular weight excluding hydrogens is 268 g/mol. The first kappa shape index (κ1) is 18.2. The molecule has 0 saturated carbocycles. The van der Waals surface area contributed by atoms with Crippen LogP contribution in [0.4, 0.5) is 4.79 Å². The third kappa shape index (κ3) is 7.67. The molecule has 21 heavy (non-hydrogen) atoms. The Morgan fingerprint density at radius 2 is 2.00 bits per heavy atom. The molecule has 5 heteroatoms. The van der Waals surface area contributed by atoms with Crippen LogP contribution in [-0.4, -0.2) is 53.0 Å². The monoisotopic (exact) mass is 300 g/mol. The van der Waals surface area contributed by atoms with E-state index < -0.39 is 11.2 Å². The molecule has 0 bridgehead atoms. The lowest BCUT2D eigenvalue weighted by Gasteiger charge is -2.38. The third-order valence-corrected chi connectivity index (χ3v) is 3.60. The summed E-state index contributed by atoms with van der Waals surface area (Å²) >= 11 is 0. The van der Waals surface area contributed by atoms with Crippen molar-refractivity contribution >= 4 is 6.09 Å². The minimum Gasteiger partial charge on any atom is -0.444 e. The smallest absolute Gasteiger partial charge is 0.407 e. The van der Waals surface area contributed by atoms with E-state index in [0.29, 0.717) is 12.5 Å². The molecule has 2 atom stereocenters. The molecule has 1 fully saturated rings. The highest BCUT2D eigenvalue weighted by Crippen LogP contribution is 2.21. The fourth-order valence-electron chi connectivity index (χ4n) is 2.80. The van der Waals surface area contributed by atoms with Crippen molar-refractivity contribution in [2.24, 2.45) is 5.92 Å². The van der Waals surface area contributed by atoms with Crippen molar-refractivity contribution in [3.05, 3.63) is 0 Å². The third-order valence-electron chi connectivity index (χ3n) is 3.60. The zero-order chi connectivity index (χ0) is 16.3. The molecule has 1 aliphatic rings. The van der Waals surface area contributed by atoms with E-state index in [1.54, 1.807) is 0 Å². The molecular formula is C16H32N2O3. The largest absolute Gasteiger partial charge is 0.444 e. The highest BCUT2D eigenvalue weighted by molar-refractivity contribution is 5.68. The normalized spacial score (nSPS) is 22.7. The molecule has 1 amide bonds. The number of piperidine rings is 1. The number of nitrogens with zero attached hydrogens (tertiary/aromatic N) is 1. The first-order valence-electron chi connectivity index (χ1n) is 7.90. The minimum atomic E-state index is -0.677. The first-order chi connectivity index (χ1) is 9.46. The first-order valence-corrected chi connectivity index (χ1v) is 7.90. The van der Waals surface area contributed by atoms with Crippen LogP contribution in [0.2, 0.25) is 0 Å². The van der Waals surface area contributed by atoms with Crippen LogP contribution in [-0.2, 0) is 4.74 Å². The number of likely N-dealkylation sites (tertiary alicyclic amines) is 1. The van der Waals surface area contributed by atoms with E-state index in [-0.39, 0.29) is 12.1 Å². The van der Waals surface area contributed by atoms with Crippen molar-refractivity contribution in [2.45, 2.75) is 71.6 Å². The van der Waals surface area contributed by atoms with Crippen LogP contribution in [0.5, 0.6) is 0 Å². The van der Waals surface area contributed by atoms with Gasteiger partial charge < -0.3 is 20.1 Å². The number of amides is 1. The lowest BCUT2D eigenvalue weighted by molar-refractivity contribution is 0.0160. The van der Waals surface area contributed by atoms with E-state index in [2.05, 4.69) is 10.2 Å². The molecule has 5 nitrogen and oxygen atoms in total. The van der Waals surface area contributed by atoms with Crippen LogP contribution >= 0.6 is 0 Å². The molecule has 0 aliphatic carbocycles. The van der Waals surface area contributed by atoms with E-state index in [1.807, 2.05) is 41.5 Å². The Balaban J connectivity index is 2.46. The standard InChI is InChI=1S/C16H32N2O3/c1-12(17-14(19)21-15(2,3)4)13-8-7-9-18(10-13)11-16(5,6)20/h12-13,20H,7-11H2,1-6H3,(H,17,19). The van der Waals surface area contributed by atoms with Crippen LogP contribution in [0.3, 0.4) is 0 Å². The number of rotatable bonds is 4. The van der Waals surface area contributed by atoms with Crippen molar-refractivity contribution < 1.29 is 14.6 Å². The molecule has 0 spiro atoms. The maximum Gasteiger partial charge on any atom is 0.407 e. The number of ether oxygens (including phenoxy) is 1. The van der Waals surface area contributed by atoms with Crippen molar-refractivity contribution in [3.8, 4) is 0 Å². The summed E-state index contributed by atoms with van der Waals surface area (Å²) in [5, 5.41) is 12.9. The van der Waals surface area contributed by atoms with Crippen molar-refractivity contribution in [2.75, 3.05) is 19.6 Å². The Labute approximate surface area is 129 Å². The summed E-state index contributed by atoms with van der Waals surface area (Å²) in [6.07, 6.45) is 1.84.